The lowest BCUT2D eigenvalue weighted by atomic mass is 10.2. The average Bonchev–Trinajstić information content (AvgIpc) is 2.13. The number of benzene rings is 1. The molecule has 1 amide bonds. The normalized spacial score (nSPS) is 12.1. The van der Waals surface area contributed by atoms with Crippen LogP contribution in [0.3, 0.4) is 0 Å². The Hall–Kier alpha value is -1.72. The van der Waals surface area contributed by atoms with Crippen LogP contribution in [0, 0.1) is 6.07 Å². The predicted molar refractivity (Wildman–Crippen MR) is 60.1 cm³/mol. The number of carbonyl (C=O) groups excluding carboxylic acids is 1. The maximum absolute atomic E-state index is 12.4. The Bertz CT molecular complexity index is 436. The van der Waals surface area contributed by atoms with Crippen LogP contribution >= 0.6 is 0 Å². The minimum Gasteiger partial charge on any atom is -0.444 e. The first-order chi connectivity index (χ1) is 8.08. The summed E-state index contributed by atoms with van der Waals surface area (Å²) in [6, 6.07) is 5.25. The molecule has 0 fully saturated rings. The second-order valence-corrected chi connectivity index (χ2v) is 4.62. The van der Waals surface area contributed by atoms with Crippen LogP contribution in [-0.2, 0) is 10.9 Å². The number of hydrogen-bond acceptors (Lipinski definition) is 2. The summed E-state index contributed by atoms with van der Waals surface area (Å²) in [4.78, 5) is 11.4. The van der Waals surface area contributed by atoms with Gasteiger partial charge in [-0.3, -0.25) is 5.32 Å². The molecule has 1 radical (unpaired) electrons. The van der Waals surface area contributed by atoms with Crippen LogP contribution in [0.5, 0.6) is 0 Å². The fourth-order valence-electron chi connectivity index (χ4n) is 1.13. The van der Waals surface area contributed by atoms with E-state index in [1.54, 1.807) is 20.8 Å². The van der Waals surface area contributed by atoms with Crippen LogP contribution in [0.15, 0.2) is 18.2 Å². The zero-order valence-corrected chi connectivity index (χ0v) is 10.2. The lowest BCUT2D eigenvalue weighted by molar-refractivity contribution is -0.137. The number of anilines is 1. The summed E-state index contributed by atoms with van der Waals surface area (Å²) in [5.74, 6) is 0. The maximum Gasteiger partial charge on any atom is 0.416 e. The van der Waals surface area contributed by atoms with Crippen molar-refractivity contribution in [2.24, 2.45) is 0 Å². The highest BCUT2D eigenvalue weighted by Crippen LogP contribution is 2.30. The molecule has 0 bridgehead atoms. The van der Waals surface area contributed by atoms with Crippen molar-refractivity contribution in [3.05, 3.63) is 29.8 Å². The van der Waals surface area contributed by atoms with Gasteiger partial charge in [0.05, 0.1) is 11.3 Å². The largest absolute Gasteiger partial charge is 0.444 e. The van der Waals surface area contributed by atoms with Crippen LogP contribution in [0.2, 0.25) is 0 Å². The van der Waals surface area contributed by atoms with Crippen LogP contribution in [0.4, 0.5) is 23.7 Å². The zero-order chi connectivity index (χ0) is 14.0. The number of amides is 1. The first-order valence-electron chi connectivity index (χ1n) is 5.17. The third-order valence-corrected chi connectivity index (χ3v) is 1.76. The van der Waals surface area contributed by atoms with Crippen molar-refractivity contribution in [1.82, 2.24) is 0 Å². The lowest BCUT2D eigenvalue weighted by Crippen LogP contribution is -2.27. The molecule has 0 atom stereocenters. The highest BCUT2D eigenvalue weighted by molar-refractivity contribution is 5.84. The van der Waals surface area contributed by atoms with E-state index in [1.807, 2.05) is 0 Å². The summed E-state index contributed by atoms with van der Waals surface area (Å²) >= 11 is 0. The van der Waals surface area contributed by atoms with Gasteiger partial charge < -0.3 is 4.74 Å². The van der Waals surface area contributed by atoms with E-state index >= 15 is 0 Å². The van der Waals surface area contributed by atoms with Gasteiger partial charge in [0.1, 0.15) is 5.60 Å². The highest BCUT2D eigenvalue weighted by atomic mass is 19.4. The van der Waals surface area contributed by atoms with E-state index in [0.29, 0.717) is 0 Å². The Labute approximate surface area is 103 Å². The van der Waals surface area contributed by atoms with Crippen molar-refractivity contribution < 1.29 is 22.7 Å². The summed E-state index contributed by atoms with van der Waals surface area (Å²) in [7, 11) is 0. The van der Waals surface area contributed by atoms with Gasteiger partial charge in [-0.25, -0.2) is 4.79 Å². The summed E-state index contributed by atoms with van der Waals surface area (Å²) in [5.41, 5.74) is -1.66. The summed E-state index contributed by atoms with van der Waals surface area (Å²) < 4.78 is 42.2. The molecular formula is C12H13F3NO2. The van der Waals surface area contributed by atoms with Crippen LogP contribution in [-0.4, -0.2) is 11.7 Å². The fourth-order valence-corrected chi connectivity index (χ4v) is 1.13. The summed E-state index contributed by atoms with van der Waals surface area (Å²) in [6.07, 6.45) is -5.28. The van der Waals surface area contributed by atoms with Gasteiger partial charge in [-0.15, -0.1) is 0 Å². The molecule has 1 N–H and O–H groups in total. The van der Waals surface area contributed by atoms with Crippen molar-refractivity contribution >= 4 is 11.8 Å². The molecule has 0 spiro atoms. The van der Waals surface area contributed by atoms with E-state index in [-0.39, 0.29) is 5.69 Å². The summed E-state index contributed by atoms with van der Waals surface area (Å²) in [6.45, 7) is 4.97. The van der Waals surface area contributed by atoms with Gasteiger partial charge in [-0.05, 0) is 32.9 Å². The molecule has 0 aliphatic carbocycles. The Morgan fingerprint density at radius 2 is 1.94 bits per heavy atom. The van der Waals surface area contributed by atoms with Gasteiger partial charge in [0.2, 0.25) is 0 Å². The minimum absolute atomic E-state index is 0.0842. The highest BCUT2D eigenvalue weighted by Gasteiger charge is 2.30. The smallest absolute Gasteiger partial charge is 0.416 e. The van der Waals surface area contributed by atoms with Crippen LogP contribution < -0.4 is 5.32 Å². The predicted octanol–water partition coefficient (Wildman–Crippen LogP) is 3.85. The van der Waals surface area contributed by atoms with E-state index in [0.717, 1.165) is 18.2 Å². The molecule has 1 rings (SSSR count). The quantitative estimate of drug-likeness (QED) is 0.832. The average molecular weight is 260 g/mol. The fraction of sp³-hybridized carbons (Fsp3) is 0.417. The molecule has 0 aliphatic heterocycles. The lowest BCUT2D eigenvalue weighted by Gasteiger charge is -2.19. The van der Waals surface area contributed by atoms with Crippen molar-refractivity contribution in [2.45, 2.75) is 32.5 Å². The van der Waals surface area contributed by atoms with Crippen molar-refractivity contribution in [2.75, 3.05) is 5.32 Å². The third kappa shape index (κ3) is 4.65. The second-order valence-electron chi connectivity index (χ2n) is 4.62. The molecule has 0 heterocycles. The van der Waals surface area contributed by atoms with Crippen LogP contribution in [0.1, 0.15) is 26.3 Å². The van der Waals surface area contributed by atoms with Gasteiger partial charge in [-0.2, -0.15) is 13.2 Å². The maximum atomic E-state index is 12.4. The number of rotatable bonds is 1. The number of halogens is 3. The summed E-state index contributed by atoms with van der Waals surface area (Å²) in [5, 5.41) is 2.19. The number of hydrogen-bond donors (Lipinski definition) is 1. The van der Waals surface area contributed by atoms with Crippen molar-refractivity contribution in [3.63, 3.8) is 0 Å². The van der Waals surface area contributed by atoms with E-state index < -0.39 is 23.4 Å². The molecular weight excluding hydrogens is 247 g/mol. The zero-order valence-electron chi connectivity index (χ0n) is 10.2. The van der Waals surface area contributed by atoms with Gasteiger partial charge in [0.25, 0.3) is 0 Å². The molecule has 0 aromatic heterocycles. The van der Waals surface area contributed by atoms with E-state index in [1.165, 1.54) is 0 Å². The Morgan fingerprint density at radius 1 is 1.33 bits per heavy atom. The van der Waals surface area contributed by atoms with E-state index in [4.69, 9.17) is 4.74 Å². The minimum atomic E-state index is -4.46. The SMILES string of the molecule is CC(C)(C)OC(=O)Nc1[c]ccc(C(F)(F)F)c1. The van der Waals surface area contributed by atoms with Gasteiger partial charge in [0.15, 0.2) is 0 Å². The number of ether oxygens (including phenoxy) is 1. The van der Waals surface area contributed by atoms with Crippen molar-refractivity contribution in [3.8, 4) is 0 Å². The number of alkyl halides is 3. The van der Waals surface area contributed by atoms with Gasteiger partial charge in [-0.1, -0.05) is 6.07 Å². The molecule has 1 aromatic carbocycles. The second kappa shape index (κ2) is 4.88. The van der Waals surface area contributed by atoms with Gasteiger partial charge >= 0.3 is 12.3 Å². The molecule has 0 aliphatic rings. The molecule has 3 nitrogen and oxygen atoms in total. The monoisotopic (exact) mass is 260 g/mol. The first-order valence-corrected chi connectivity index (χ1v) is 5.17. The molecule has 1 aromatic rings. The van der Waals surface area contributed by atoms with Gasteiger partial charge in [0, 0.05) is 6.07 Å². The molecule has 0 unspecified atom stereocenters. The molecule has 18 heavy (non-hydrogen) atoms. The molecule has 6 heteroatoms. The van der Waals surface area contributed by atoms with E-state index in [2.05, 4.69) is 11.4 Å². The third-order valence-electron chi connectivity index (χ3n) is 1.76. The number of nitrogens with one attached hydrogen (secondary N) is 1. The number of carbonyl (C=O) groups is 1. The van der Waals surface area contributed by atoms with Crippen molar-refractivity contribution in [1.29, 1.82) is 0 Å². The Morgan fingerprint density at radius 3 is 2.44 bits per heavy atom. The Balaban J connectivity index is 2.77. The standard InChI is InChI=1S/C12H13F3NO2/c1-11(2,3)18-10(17)16-9-6-4-5-8(7-9)12(13,14)15/h4-5,7H,1-3H3,(H,16,17). The molecule has 99 valence electrons. The topological polar surface area (TPSA) is 38.3 Å². The molecule has 0 saturated heterocycles. The first kappa shape index (κ1) is 14.3. The molecule has 0 saturated carbocycles. The van der Waals surface area contributed by atoms with E-state index in [9.17, 15) is 18.0 Å². The van der Waals surface area contributed by atoms with Crippen LogP contribution in [0.25, 0.3) is 0 Å². The Kier molecular flexibility index (Phi) is 3.88.